The van der Waals surface area contributed by atoms with Crippen molar-refractivity contribution < 1.29 is 19.1 Å². The molecule has 2 amide bonds. The molecule has 1 aliphatic carbocycles. The van der Waals surface area contributed by atoms with Crippen molar-refractivity contribution in [2.75, 3.05) is 18.5 Å². The Labute approximate surface area is 166 Å². The van der Waals surface area contributed by atoms with Crippen LogP contribution in [0.4, 0.5) is 5.69 Å². The molecule has 1 aliphatic rings. The van der Waals surface area contributed by atoms with E-state index in [9.17, 15) is 14.4 Å². The molecule has 2 rings (SSSR count). The number of amides is 2. The van der Waals surface area contributed by atoms with Crippen molar-refractivity contribution in [3.05, 3.63) is 29.8 Å². The second-order valence-corrected chi connectivity index (χ2v) is 7.51. The molecule has 1 saturated carbocycles. The van der Waals surface area contributed by atoms with Crippen molar-refractivity contribution in [2.45, 2.75) is 58.4 Å². The van der Waals surface area contributed by atoms with Gasteiger partial charge in [0, 0.05) is 17.7 Å². The van der Waals surface area contributed by atoms with Crippen LogP contribution in [0, 0.1) is 5.41 Å². The summed E-state index contributed by atoms with van der Waals surface area (Å²) in [6, 6.07) is 5.86. The molecule has 154 valence electrons. The van der Waals surface area contributed by atoms with Gasteiger partial charge >= 0.3 is 5.97 Å². The number of nitrogens with two attached hydrogens (primary N) is 1. The summed E-state index contributed by atoms with van der Waals surface area (Å²) in [5, 5.41) is 5.48. The predicted molar refractivity (Wildman–Crippen MR) is 108 cm³/mol. The third kappa shape index (κ3) is 6.05. The Bertz CT molecular complexity index is 681. The van der Waals surface area contributed by atoms with Crippen LogP contribution in [-0.4, -0.2) is 37.0 Å². The van der Waals surface area contributed by atoms with E-state index < -0.39 is 12.0 Å². The molecule has 1 unspecified atom stereocenters. The van der Waals surface area contributed by atoms with Gasteiger partial charge in [0.25, 0.3) is 5.91 Å². The molecule has 1 atom stereocenters. The Morgan fingerprint density at radius 3 is 2.36 bits per heavy atom. The SMILES string of the molecule is CCOC(=O)C(C)NC(=O)c1ccc(NC(=O)CC2(CN)CCCCC2)cc1. The number of hydrogen-bond acceptors (Lipinski definition) is 5. The Kier molecular flexibility index (Phi) is 7.99. The van der Waals surface area contributed by atoms with Gasteiger partial charge in [-0.05, 0) is 62.9 Å². The quantitative estimate of drug-likeness (QED) is 0.592. The lowest BCUT2D eigenvalue weighted by molar-refractivity contribution is -0.144. The summed E-state index contributed by atoms with van der Waals surface area (Å²) < 4.78 is 4.87. The molecule has 7 nitrogen and oxygen atoms in total. The number of benzene rings is 1. The van der Waals surface area contributed by atoms with E-state index >= 15 is 0 Å². The van der Waals surface area contributed by atoms with Gasteiger partial charge in [0.05, 0.1) is 6.61 Å². The van der Waals surface area contributed by atoms with Crippen molar-refractivity contribution in [1.29, 1.82) is 0 Å². The number of anilines is 1. The zero-order chi connectivity index (χ0) is 20.6. The second kappa shape index (κ2) is 10.2. The Hall–Kier alpha value is -2.41. The molecule has 0 saturated heterocycles. The Morgan fingerprint density at radius 2 is 1.79 bits per heavy atom. The lowest BCUT2D eigenvalue weighted by Gasteiger charge is -2.35. The molecule has 28 heavy (non-hydrogen) atoms. The monoisotopic (exact) mass is 389 g/mol. The fraction of sp³-hybridized carbons (Fsp3) is 0.571. The van der Waals surface area contributed by atoms with Crippen LogP contribution in [0.1, 0.15) is 62.7 Å². The van der Waals surface area contributed by atoms with Crippen LogP contribution < -0.4 is 16.4 Å². The van der Waals surface area contributed by atoms with E-state index in [1.165, 1.54) is 6.42 Å². The second-order valence-electron chi connectivity index (χ2n) is 7.51. The average molecular weight is 389 g/mol. The average Bonchev–Trinajstić information content (AvgIpc) is 2.69. The maximum atomic E-state index is 12.4. The highest BCUT2D eigenvalue weighted by molar-refractivity contribution is 5.97. The van der Waals surface area contributed by atoms with Crippen LogP contribution in [0.2, 0.25) is 0 Å². The number of ether oxygens (including phenoxy) is 1. The lowest BCUT2D eigenvalue weighted by Crippen LogP contribution is -2.39. The third-order valence-electron chi connectivity index (χ3n) is 5.30. The van der Waals surface area contributed by atoms with Crippen molar-refractivity contribution in [3.8, 4) is 0 Å². The van der Waals surface area contributed by atoms with E-state index in [2.05, 4.69) is 10.6 Å². The maximum Gasteiger partial charge on any atom is 0.328 e. The minimum Gasteiger partial charge on any atom is -0.464 e. The van der Waals surface area contributed by atoms with E-state index in [0.29, 0.717) is 24.2 Å². The Balaban J connectivity index is 1.90. The highest BCUT2D eigenvalue weighted by Gasteiger charge is 2.32. The molecular weight excluding hydrogens is 358 g/mol. The van der Waals surface area contributed by atoms with Crippen LogP contribution in [-0.2, 0) is 14.3 Å². The molecule has 0 aliphatic heterocycles. The number of carbonyl (C=O) groups excluding carboxylic acids is 3. The standard InChI is InChI=1S/C21H31N3O4/c1-3-28-20(27)15(2)23-19(26)16-7-9-17(10-8-16)24-18(25)13-21(14-22)11-5-4-6-12-21/h7-10,15H,3-6,11-14,22H2,1-2H3,(H,23,26)(H,24,25). The first kappa shape index (κ1) is 21.9. The minimum absolute atomic E-state index is 0.0551. The molecule has 0 aromatic heterocycles. The molecule has 0 radical (unpaired) electrons. The van der Waals surface area contributed by atoms with E-state index in [1.807, 2.05) is 0 Å². The summed E-state index contributed by atoms with van der Waals surface area (Å²) >= 11 is 0. The summed E-state index contributed by atoms with van der Waals surface area (Å²) in [5.41, 5.74) is 6.89. The summed E-state index contributed by atoms with van der Waals surface area (Å²) in [6.45, 7) is 4.07. The number of rotatable bonds is 8. The van der Waals surface area contributed by atoms with Gasteiger partial charge in [-0.15, -0.1) is 0 Å². The number of carbonyl (C=O) groups is 3. The van der Waals surface area contributed by atoms with Crippen LogP contribution in [0.5, 0.6) is 0 Å². The smallest absolute Gasteiger partial charge is 0.328 e. The van der Waals surface area contributed by atoms with Crippen LogP contribution >= 0.6 is 0 Å². The van der Waals surface area contributed by atoms with Gasteiger partial charge in [-0.2, -0.15) is 0 Å². The molecule has 1 aromatic rings. The highest BCUT2D eigenvalue weighted by atomic mass is 16.5. The fourth-order valence-electron chi connectivity index (χ4n) is 3.61. The van der Waals surface area contributed by atoms with Crippen LogP contribution in [0.25, 0.3) is 0 Å². The van der Waals surface area contributed by atoms with Crippen molar-refractivity contribution >= 4 is 23.5 Å². The van der Waals surface area contributed by atoms with E-state index in [4.69, 9.17) is 10.5 Å². The van der Waals surface area contributed by atoms with Gasteiger partial charge in [0.1, 0.15) is 6.04 Å². The van der Waals surface area contributed by atoms with Crippen molar-refractivity contribution in [2.24, 2.45) is 11.1 Å². The summed E-state index contributed by atoms with van der Waals surface area (Å²) in [5.74, 6) is -0.903. The predicted octanol–water partition coefficient (Wildman–Crippen LogP) is 2.61. The summed E-state index contributed by atoms with van der Waals surface area (Å²) in [4.78, 5) is 36.3. The molecule has 0 heterocycles. The number of hydrogen-bond donors (Lipinski definition) is 3. The lowest BCUT2D eigenvalue weighted by atomic mass is 9.71. The summed E-state index contributed by atoms with van der Waals surface area (Å²) in [6.07, 6.45) is 5.87. The normalized spacial score (nSPS) is 16.7. The van der Waals surface area contributed by atoms with E-state index in [1.54, 1.807) is 38.1 Å². The first-order valence-corrected chi connectivity index (χ1v) is 9.96. The topological polar surface area (TPSA) is 111 Å². The van der Waals surface area contributed by atoms with Gasteiger partial charge in [0.15, 0.2) is 0 Å². The first-order valence-electron chi connectivity index (χ1n) is 9.96. The molecule has 0 bridgehead atoms. The zero-order valence-corrected chi connectivity index (χ0v) is 16.8. The van der Waals surface area contributed by atoms with E-state index in [-0.39, 0.29) is 23.8 Å². The minimum atomic E-state index is -0.727. The van der Waals surface area contributed by atoms with Gasteiger partial charge < -0.3 is 21.1 Å². The maximum absolute atomic E-state index is 12.4. The molecule has 1 aromatic carbocycles. The number of nitrogens with one attached hydrogen (secondary N) is 2. The van der Waals surface area contributed by atoms with Gasteiger partial charge in [0.2, 0.25) is 5.91 Å². The summed E-state index contributed by atoms with van der Waals surface area (Å²) in [7, 11) is 0. The van der Waals surface area contributed by atoms with Crippen LogP contribution in [0.3, 0.4) is 0 Å². The third-order valence-corrected chi connectivity index (χ3v) is 5.30. The van der Waals surface area contributed by atoms with Crippen molar-refractivity contribution in [3.63, 3.8) is 0 Å². The molecule has 7 heteroatoms. The zero-order valence-electron chi connectivity index (χ0n) is 16.8. The largest absolute Gasteiger partial charge is 0.464 e. The fourth-order valence-corrected chi connectivity index (χ4v) is 3.61. The Morgan fingerprint density at radius 1 is 1.14 bits per heavy atom. The van der Waals surface area contributed by atoms with Crippen LogP contribution in [0.15, 0.2) is 24.3 Å². The van der Waals surface area contributed by atoms with E-state index in [0.717, 1.165) is 25.7 Å². The molecule has 1 fully saturated rings. The van der Waals surface area contributed by atoms with Gasteiger partial charge in [-0.3, -0.25) is 9.59 Å². The van der Waals surface area contributed by atoms with Crippen molar-refractivity contribution in [1.82, 2.24) is 5.32 Å². The van der Waals surface area contributed by atoms with Gasteiger partial charge in [-0.1, -0.05) is 19.3 Å². The molecule has 4 N–H and O–H groups in total. The molecule has 0 spiro atoms. The highest BCUT2D eigenvalue weighted by Crippen LogP contribution is 2.38. The molecular formula is C21H31N3O4. The number of esters is 1. The first-order chi connectivity index (χ1) is 13.4. The van der Waals surface area contributed by atoms with Gasteiger partial charge in [-0.25, -0.2) is 4.79 Å².